The monoisotopic (exact) mass is 249 g/mol. The van der Waals surface area contributed by atoms with Crippen LogP contribution in [0.25, 0.3) is 0 Å². The smallest absolute Gasteiger partial charge is 0.462 e. The Balaban J connectivity index is 2.09. The van der Waals surface area contributed by atoms with E-state index >= 15 is 0 Å². The van der Waals surface area contributed by atoms with Gasteiger partial charge in [-0.2, -0.15) is 0 Å². The lowest BCUT2D eigenvalue weighted by Gasteiger charge is -2.15. The van der Waals surface area contributed by atoms with Gasteiger partial charge in [-0.15, -0.1) is 0 Å². The van der Waals surface area contributed by atoms with Crippen LogP contribution in [0.15, 0.2) is 24.3 Å². The second kappa shape index (κ2) is 4.72. The molecule has 0 saturated heterocycles. The fourth-order valence-electron chi connectivity index (χ4n) is 2.14. The van der Waals surface area contributed by atoms with Crippen molar-refractivity contribution in [2.75, 3.05) is 0 Å². The van der Waals surface area contributed by atoms with Crippen LogP contribution in [0.1, 0.15) is 24.0 Å². The standard InChI is InChI=1S/C12H16BNO4/c14-10(11(15)16)7-8-1-3-9(4-2-8)12(5-6-12)13(17)18/h1-4,10,17-18H,5-7,14H2,(H,15,16)/t10-/m0/s1. The Morgan fingerprint density at radius 1 is 1.33 bits per heavy atom. The van der Waals surface area contributed by atoms with Crippen molar-refractivity contribution in [3.8, 4) is 0 Å². The zero-order valence-electron chi connectivity index (χ0n) is 9.91. The van der Waals surface area contributed by atoms with Gasteiger partial charge in [-0.3, -0.25) is 4.79 Å². The molecule has 1 fully saturated rings. The van der Waals surface area contributed by atoms with Crippen LogP contribution in [0.5, 0.6) is 0 Å². The average molecular weight is 249 g/mol. The molecule has 0 aromatic heterocycles. The summed E-state index contributed by atoms with van der Waals surface area (Å²) in [4.78, 5) is 10.6. The molecule has 0 amide bonds. The molecule has 0 bridgehead atoms. The Kier molecular flexibility index (Phi) is 3.43. The lowest BCUT2D eigenvalue weighted by atomic mass is 9.65. The fraction of sp³-hybridized carbons (Fsp3) is 0.417. The van der Waals surface area contributed by atoms with Gasteiger partial charge in [-0.05, 0) is 30.4 Å². The molecule has 18 heavy (non-hydrogen) atoms. The number of nitrogens with two attached hydrogens (primary N) is 1. The van der Waals surface area contributed by atoms with Crippen molar-refractivity contribution in [1.29, 1.82) is 0 Å². The lowest BCUT2D eigenvalue weighted by Crippen LogP contribution is -2.32. The summed E-state index contributed by atoms with van der Waals surface area (Å²) >= 11 is 0. The third kappa shape index (κ3) is 2.41. The molecule has 6 heteroatoms. The van der Waals surface area contributed by atoms with Gasteiger partial charge < -0.3 is 20.9 Å². The van der Waals surface area contributed by atoms with Crippen LogP contribution in [0.3, 0.4) is 0 Å². The van der Waals surface area contributed by atoms with Crippen LogP contribution < -0.4 is 5.73 Å². The van der Waals surface area contributed by atoms with Gasteiger partial charge in [0.1, 0.15) is 6.04 Å². The molecule has 1 aliphatic carbocycles. The number of hydrogen-bond donors (Lipinski definition) is 4. The van der Waals surface area contributed by atoms with Gasteiger partial charge in [0.25, 0.3) is 0 Å². The van der Waals surface area contributed by atoms with Gasteiger partial charge in [0.15, 0.2) is 0 Å². The van der Waals surface area contributed by atoms with E-state index in [9.17, 15) is 14.8 Å². The Labute approximate surface area is 105 Å². The van der Waals surface area contributed by atoms with Crippen LogP contribution >= 0.6 is 0 Å². The number of carbonyl (C=O) groups is 1. The van der Waals surface area contributed by atoms with Gasteiger partial charge in [0, 0.05) is 5.31 Å². The predicted molar refractivity (Wildman–Crippen MR) is 66.9 cm³/mol. The molecule has 1 aromatic carbocycles. The van der Waals surface area contributed by atoms with Gasteiger partial charge in [-0.1, -0.05) is 24.3 Å². The minimum atomic E-state index is -1.34. The SMILES string of the molecule is N[C@@H](Cc1ccc(C2(B(O)O)CC2)cc1)C(=O)O. The van der Waals surface area contributed by atoms with Crippen molar-refractivity contribution in [3.63, 3.8) is 0 Å². The first-order valence-electron chi connectivity index (χ1n) is 5.90. The molecular weight excluding hydrogens is 233 g/mol. The Morgan fingerprint density at radius 3 is 2.28 bits per heavy atom. The van der Waals surface area contributed by atoms with Crippen molar-refractivity contribution < 1.29 is 19.9 Å². The first-order valence-corrected chi connectivity index (χ1v) is 5.90. The zero-order valence-corrected chi connectivity index (χ0v) is 9.91. The molecule has 2 rings (SSSR count). The second-order valence-electron chi connectivity index (χ2n) is 4.88. The minimum absolute atomic E-state index is 0.268. The second-order valence-corrected chi connectivity index (χ2v) is 4.88. The third-order valence-electron chi connectivity index (χ3n) is 3.58. The molecule has 0 radical (unpaired) electrons. The van der Waals surface area contributed by atoms with E-state index in [-0.39, 0.29) is 6.42 Å². The summed E-state index contributed by atoms with van der Waals surface area (Å²) in [6.07, 6.45) is 1.79. The number of carboxylic acids is 1. The van der Waals surface area contributed by atoms with E-state index in [1.807, 2.05) is 12.1 Å². The highest BCUT2D eigenvalue weighted by Gasteiger charge is 2.53. The van der Waals surface area contributed by atoms with Crippen LogP contribution in [0.2, 0.25) is 0 Å². The first kappa shape index (κ1) is 13.1. The first-order chi connectivity index (χ1) is 8.45. The quantitative estimate of drug-likeness (QED) is 0.535. The number of rotatable bonds is 5. The van der Waals surface area contributed by atoms with Crippen LogP contribution in [-0.4, -0.2) is 34.3 Å². The molecule has 0 aliphatic heterocycles. The molecule has 1 atom stereocenters. The molecule has 0 spiro atoms. The normalized spacial score (nSPS) is 18.2. The molecule has 1 aromatic rings. The Bertz CT molecular complexity index is 442. The average Bonchev–Trinajstić information content (AvgIpc) is 3.11. The van der Waals surface area contributed by atoms with Gasteiger partial charge in [0.05, 0.1) is 0 Å². The van der Waals surface area contributed by atoms with Crippen LogP contribution in [0, 0.1) is 0 Å². The summed E-state index contributed by atoms with van der Waals surface area (Å²) in [6, 6.07) is 6.31. The fourth-order valence-corrected chi connectivity index (χ4v) is 2.14. The van der Waals surface area contributed by atoms with E-state index in [2.05, 4.69) is 0 Å². The molecule has 1 aliphatic rings. The summed E-state index contributed by atoms with van der Waals surface area (Å²) in [6.45, 7) is 0. The van der Waals surface area contributed by atoms with Gasteiger partial charge in [-0.25, -0.2) is 0 Å². The van der Waals surface area contributed by atoms with E-state index < -0.39 is 24.4 Å². The van der Waals surface area contributed by atoms with Crippen molar-refractivity contribution in [3.05, 3.63) is 35.4 Å². The van der Waals surface area contributed by atoms with E-state index in [1.54, 1.807) is 12.1 Å². The zero-order chi connectivity index (χ0) is 13.3. The largest absolute Gasteiger partial charge is 0.480 e. The van der Waals surface area contributed by atoms with E-state index in [1.165, 1.54) is 0 Å². The summed E-state index contributed by atoms with van der Waals surface area (Å²) in [5.41, 5.74) is 7.16. The summed E-state index contributed by atoms with van der Waals surface area (Å²) in [7, 11) is -1.34. The maximum atomic E-state index is 10.6. The Morgan fingerprint density at radius 2 is 1.89 bits per heavy atom. The summed E-state index contributed by atoms with van der Waals surface area (Å²) < 4.78 is 0. The molecule has 1 saturated carbocycles. The van der Waals surface area contributed by atoms with Crippen molar-refractivity contribution >= 4 is 13.1 Å². The maximum absolute atomic E-state index is 10.6. The highest BCUT2D eigenvalue weighted by Crippen LogP contribution is 2.48. The highest BCUT2D eigenvalue weighted by atomic mass is 16.4. The van der Waals surface area contributed by atoms with Gasteiger partial charge >= 0.3 is 13.1 Å². The molecule has 5 nitrogen and oxygen atoms in total. The maximum Gasteiger partial charge on any atom is 0.462 e. The van der Waals surface area contributed by atoms with E-state index in [0.29, 0.717) is 0 Å². The number of carboxylic acid groups (broad SMARTS) is 1. The number of hydrogen-bond acceptors (Lipinski definition) is 4. The van der Waals surface area contributed by atoms with Crippen molar-refractivity contribution in [2.24, 2.45) is 5.73 Å². The van der Waals surface area contributed by atoms with Gasteiger partial charge in [0.2, 0.25) is 0 Å². The molecule has 0 heterocycles. The highest BCUT2D eigenvalue weighted by molar-refractivity contribution is 6.47. The molecule has 5 N–H and O–H groups in total. The van der Waals surface area contributed by atoms with E-state index in [4.69, 9.17) is 10.8 Å². The summed E-state index contributed by atoms with van der Waals surface area (Å²) in [5, 5.41) is 26.9. The summed E-state index contributed by atoms with van der Waals surface area (Å²) in [5.74, 6) is -1.02. The molecular formula is C12H16BNO4. The molecule has 0 unspecified atom stereocenters. The number of aliphatic carboxylic acids is 1. The minimum Gasteiger partial charge on any atom is -0.480 e. The van der Waals surface area contributed by atoms with Crippen molar-refractivity contribution in [2.45, 2.75) is 30.6 Å². The third-order valence-corrected chi connectivity index (χ3v) is 3.58. The van der Waals surface area contributed by atoms with Crippen molar-refractivity contribution in [1.82, 2.24) is 0 Å². The Hall–Kier alpha value is -1.37. The lowest BCUT2D eigenvalue weighted by molar-refractivity contribution is -0.138. The molecule has 96 valence electrons. The van der Waals surface area contributed by atoms with Crippen LogP contribution in [0.4, 0.5) is 0 Å². The number of benzene rings is 1. The van der Waals surface area contributed by atoms with E-state index in [0.717, 1.165) is 24.0 Å². The van der Waals surface area contributed by atoms with Crippen LogP contribution in [-0.2, 0) is 16.5 Å². The topological polar surface area (TPSA) is 104 Å². The predicted octanol–water partition coefficient (Wildman–Crippen LogP) is -0.315.